The second-order valence-corrected chi connectivity index (χ2v) is 4.57. The fourth-order valence-corrected chi connectivity index (χ4v) is 2.58. The maximum Gasteiger partial charge on any atom is 0.222 e. The van der Waals surface area contributed by atoms with E-state index in [0.717, 1.165) is 32.6 Å². The molecule has 0 saturated carbocycles. The molecule has 2 aliphatic rings. The van der Waals surface area contributed by atoms with Crippen LogP contribution in [-0.4, -0.2) is 50.7 Å². The molecule has 4 nitrogen and oxygen atoms in total. The van der Waals surface area contributed by atoms with Crippen molar-refractivity contribution in [3.8, 4) is 0 Å². The second-order valence-electron chi connectivity index (χ2n) is 4.57. The van der Waals surface area contributed by atoms with Gasteiger partial charge < -0.3 is 15.0 Å². The summed E-state index contributed by atoms with van der Waals surface area (Å²) in [4.78, 5) is 13.8. The summed E-state index contributed by atoms with van der Waals surface area (Å²) in [5.74, 6) is 1.72. The number of ether oxygens (including phenoxy) is 1. The number of amides is 1. The van der Waals surface area contributed by atoms with Gasteiger partial charge in [0.1, 0.15) is 0 Å². The van der Waals surface area contributed by atoms with Crippen LogP contribution in [0.3, 0.4) is 0 Å². The highest BCUT2D eigenvalue weighted by molar-refractivity contribution is 5.76. The van der Waals surface area contributed by atoms with E-state index in [9.17, 15) is 4.79 Å². The van der Waals surface area contributed by atoms with Gasteiger partial charge in [0, 0.05) is 46.3 Å². The molecular formula is C11H20N2O2. The van der Waals surface area contributed by atoms with Gasteiger partial charge in [-0.25, -0.2) is 0 Å². The number of hydrogen-bond acceptors (Lipinski definition) is 3. The first-order valence-electron chi connectivity index (χ1n) is 5.78. The predicted octanol–water partition coefficient (Wildman–Crippen LogP) is 0.0908. The van der Waals surface area contributed by atoms with Gasteiger partial charge in [0.25, 0.3) is 0 Å². The lowest BCUT2D eigenvalue weighted by Gasteiger charge is -2.17. The molecule has 2 saturated heterocycles. The molecule has 1 amide bonds. The molecule has 2 heterocycles. The number of nitrogens with zero attached hydrogens (tertiary/aromatic N) is 1. The first kappa shape index (κ1) is 10.9. The third kappa shape index (κ3) is 2.49. The topological polar surface area (TPSA) is 41.6 Å². The van der Waals surface area contributed by atoms with E-state index in [0.29, 0.717) is 30.8 Å². The molecule has 0 aromatic carbocycles. The van der Waals surface area contributed by atoms with Crippen LogP contribution >= 0.6 is 0 Å². The van der Waals surface area contributed by atoms with Crippen LogP contribution in [0.15, 0.2) is 0 Å². The van der Waals surface area contributed by atoms with Crippen LogP contribution < -0.4 is 5.32 Å². The highest BCUT2D eigenvalue weighted by Crippen LogP contribution is 2.26. The summed E-state index contributed by atoms with van der Waals surface area (Å²) in [6.07, 6.45) is 1.49. The molecule has 86 valence electrons. The van der Waals surface area contributed by atoms with Crippen molar-refractivity contribution >= 4 is 5.91 Å². The molecule has 0 unspecified atom stereocenters. The zero-order valence-corrected chi connectivity index (χ0v) is 9.37. The van der Waals surface area contributed by atoms with Gasteiger partial charge in [-0.15, -0.1) is 0 Å². The molecule has 2 atom stereocenters. The normalized spacial score (nSPS) is 29.5. The number of hydrogen-bond donors (Lipinski definition) is 1. The molecule has 0 bridgehead atoms. The average Bonchev–Trinajstić information content (AvgIpc) is 2.76. The van der Waals surface area contributed by atoms with E-state index in [1.54, 1.807) is 7.11 Å². The van der Waals surface area contributed by atoms with Gasteiger partial charge in [0.05, 0.1) is 0 Å². The zero-order chi connectivity index (χ0) is 10.7. The molecule has 2 aliphatic heterocycles. The van der Waals surface area contributed by atoms with Crippen LogP contribution in [0.2, 0.25) is 0 Å². The Morgan fingerprint density at radius 3 is 2.67 bits per heavy atom. The third-order valence-electron chi connectivity index (χ3n) is 3.48. The molecule has 4 heteroatoms. The minimum atomic E-state index is 0.307. The third-order valence-corrected chi connectivity index (χ3v) is 3.48. The number of rotatable bonds is 4. The Morgan fingerprint density at radius 2 is 2.07 bits per heavy atom. The van der Waals surface area contributed by atoms with Gasteiger partial charge in [-0.1, -0.05) is 0 Å². The second kappa shape index (κ2) is 4.94. The average molecular weight is 212 g/mol. The fraction of sp³-hybridized carbons (Fsp3) is 0.909. The Morgan fingerprint density at radius 1 is 1.40 bits per heavy atom. The molecule has 1 N–H and O–H groups in total. The van der Waals surface area contributed by atoms with E-state index < -0.39 is 0 Å². The summed E-state index contributed by atoms with van der Waals surface area (Å²) in [5, 5.41) is 3.38. The highest BCUT2D eigenvalue weighted by Gasteiger charge is 2.37. The quantitative estimate of drug-likeness (QED) is 0.672. The summed E-state index contributed by atoms with van der Waals surface area (Å²) in [5.41, 5.74) is 0. The largest absolute Gasteiger partial charge is 0.385 e. The summed E-state index contributed by atoms with van der Waals surface area (Å²) in [7, 11) is 1.68. The van der Waals surface area contributed by atoms with Crippen LogP contribution in [0.25, 0.3) is 0 Å². The summed E-state index contributed by atoms with van der Waals surface area (Å²) in [6, 6.07) is 0. The Bertz CT molecular complexity index is 221. The van der Waals surface area contributed by atoms with Crippen LogP contribution in [-0.2, 0) is 9.53 Å². The number of carbonyl (C=O) groups is 1. The van der Waals surface area contributed by atoms with Gasteiger partial charge in [-0.3, -0.25) is 4.79 Å². The Kier molecular flexibility index (Phi) is 3.59. The van der Waals surface area contributed by atoms with E-state index in [-0.39, 0.29) is 0 Å². The predicted molar refractivity (Wildman–Crippen MR) is 57.5 cm³/mol. The van der Waals surface area contributed by atoms with Crippen LogP contribution in [0.4, 0.5) is 0 Å². The van der Waals surface area contributed by atoms with Crippen molar-refractivity contribution in [3.63, 3.8) is 0 Å². The Hall–Kier alpha value is -0.610. The Balaban J connectivity index is 1.73. The van der Waals surface area contributed by atoms with Gasteiger partial charge in [-0.2, -0.15) is 0 Å². The van der Waals surface area contributed by atoms with Crippen LogP contribution in [0.1, 0.15) is 12.8 Å². The lowest BCUT2D eigenvalue weighted by molar-refractivity contribution is -0.130. The molecule has 2 rings (SSSR count). The monoisotopic (exact) mass is 212 g/mol. The minimum absolute atomic E-state index is 0.307. The van der Waals surface area contributed by atoms with Gasteiger partial charge in [0.15, 0.2) is 0 Å². The van der Waals surface area contributed by atoms with E-state index in [1.165, 1.54) is 0 Å². The van der Waals surface area contributed by atoms with Gasteiger partial charge >= 0.3 is 0 Å². The maximum atomic E-state index is 11.8. The van der Waals surface area contributed by atoms with E-state index in [2.05, 4.69) is 5.32 Å². The molecule has 0 aromatic heterocycles. The summed E-state index contributed by atoms with van der Waals surface area (Å²) < 4.78 is 4.95. The summed E-state index contributed by atoms with van der Waals surface area (Å²) >= 11 is 0. The summed E-state index contributed by atoms with van der Waals surface area (Å²) in [6.45, 7) is 4.79. The van der Waals surface area contributed by atoms with Crippen molar-refractivity contribution in [2.24, 2.45) is 11.8 Å². The molecule has 15 heavy (non-hydrogen) atoms. The van der Waals surface area contributed by atoms with Crippen LogP contribution in [0.5, 0.6) is 0 Å². The SMILES string of the molecule is COCCCC(=O)N1C[C@H]2CNC[C@H]2C1. The van der Waals surface area contributed by atoms with Crippen molar-refractivity contribution in [3.05, 3.63) is 0 Å². The van der Waals surface area contributed by atoms with Crippen molar-refractivity contribution in [2.75, 3.05) is 39.9 Å². The lowest BCUT2D eigenvalue weighted by atomic mass is 10.0. The van der Waals surface area contributed by atoms with Crippen molar-refractivity contribution in [1.82, 2.24) is 10.2 Å². The van der Waals surface area contributed by atoms with Gasteiger partial charge in [-0.05, 0) is 18.3 Å². The van der Waals surface area contributed by atoms with Crippen molar-refractivity contribution < 1.29 is 9.53 Å². The number of fused-ring (bicyclic) bond motifs is 1. The minimum Gasteiger partial charge on any atom is -0.385 e. The van der Waals surface area contributed by atoms with E-state index >= 15 is 0 Å². The zero-order valence-electron chi connectivity index (χ0n) is 9.37. The number of carbonyl (C=O) groups excluding carboxylic acids is 1. The number of methoxy groups -OCH3 is 1. The fourth-order valence-electron chi connectivity index (χ4n) is 2.58. The number of likely N-dealkylation sites (tertiary alicyclic amines) is 1. The van der Waals surface area contributed by atoms with E-state index in [4.69, 9.17) is 4.74 Å². The molecule has 2 fully saturated rings. The van der Waals surface area contributed by atoms with Crippen molar-refractivity contribution in [1.29, 1.82) is 0 Å². The highest BCUT2D eigenvalue weighted by atomic mass is 16.5. The first-order chi connectivity index (χ1) is 7.31. The molecule has 0 spiro atoms. The Labute approximate surface area is 91.0 Å². The van der Waals surface area contributed by atoms with Crippen LogP contribution in [0, 0.1) is 11.8 Å². The smallest absolute Gasteiger partial charge is 0.222 e. The standard InChI is InChI=1S/C11H20N2O2/c1-15-4-2-3-11(14)13-7-9-5-12-6-10(9)8-13/h9-10,12H,2-8H2,1H3/t9-,10+. The molecule has 0 aromatic rings. The maximum absolute atomic E-state index is 11.8. The molecule has 0 aliphatic carbocycles. The molecule has 0 radical (unpaired) electrons. The van der Waals surface area contributed by atoms with Gasteiger partial charge in [0.2, 0.25) is 5.91 Å². The van der Waals surface area contributed by atoms with Crippen molar-refractivity contribution in [2.45, 2.75) is 12.8 Å². The lowest BCUT2D eigenvalue weighted by Crippen LogP contribution is -2.31. The number of nitrogens with one attached hydrogen (secondary N) is 1. The molecular weight excluding hydrogens is 192 g/mol. The van der Waals surface area contributed by atoms with E-state index in [1.807, 2.05) is 4.90 Å². The first-order valence-corrected chi connectivity index (χ1v) is 5.78.